The van der Waals surface area contributed by atoms with Crippen molar-refractivity contribution in [2.45, 2.75) is 51.6 Å². The number of nitrogens with one attached hydrogen (secondary N) is 1. The Morgan fingerprint density at radius 2 is 1.96 bits per heavy atom. The first-order valence-electron chi connectivity index (χ1n) is 9.61. The second-order valence-electron chi connectivity index (χ2n) is 7.44. The average Bonchev–Trinajstić information content (AvgIpc) is 3.15. The third-order valence-corrected chi connectivity index (χ3v) is 5.30. The molecule has 1 heterocycles. The van der Waals surface area contributed by atoms with E-state index < -0.39 is 0 Å². The van der Waals surface area contributed by atoms with Gasteiger partial charge in [-0.05, 0) is 44.4 Å². The Bertz CT molecular complexity index is 564. The number of benzene rings is 1. The fourth-order valence-electron chi connectivity index (χ4n) is 3.83. The first-order chi connectivity index (χ1) is 12.1. The summed E-state index contributed by atoms with van der Waals surface area (Å²) in [7, 11) is 0. The summed E-state index contributed by atoms with van der Waals surface area (Å²) in [6.07, 6.45) is 5.40. The van der Waals surface area contributed by atoms with Crippen LogP contribution in [0.5, 0.6) is 5.75 Å². The first kappa shape index (κ1) is 18.1. The van der Waals surface area contributed by atoms with Crippen LogP contribution >= 0.6 is 0 Å². The molecule has 2 aliphatic rings. The van der Waals surface area contributed by atoms with Crippen LogP contribution in [-0.4, -0.2) is 60.7 Å². The lowest BCUT2D eigenvalue weighted by molar-refractivity contribution is 0.107. The van der Waals surface area contributed by atoms with Gasteiger partial charge in [0, 0.05) is 32.2 Å². The quantitative estimate of drug-likeness (QED) is 0.892. The van der Waals surface area contributed by atoms with Gasteiger partial charge in [0.1, 0.15) is 12.4 Å². The zero-order chi connectivity index (χ0) is 17.6. The molecule has 3 rings (SSSR count). The van der Waals surface area contributed by atoms with Gasteiger partial charge in [-0.15, -0.1) is 0 Å². The van der Waals surface area contributed by atoms with E-state index in [0.717, 1.165) is 38.0 Å². The van der Waals surface area contributed by atoms with Gasteiger partial charge in [0.15, 0.2) is 0 Å². The van der Waals surface area contributed by atoms with Gasteiger partial charge < -0.3 is 15.0 Å². The van der Waals surface area contributed by atoms with Crippen molar-refractivity contribution in [3.8, 4) is 5.75 Å². The molecule has 1 saturated carbocycles. The van der Waals surface area contributed by atoms with Crippen molar-refractivity contribution in [2.75, 3.05) is 32.8 Å². The average molecular weight is 345 g/mol. The van der Waals surface area contributed by atoms with E-state index in [1.165, 1.54) is 31.2 Å². The molecule has 0 aromatic heterocycles. The molecule has 1 N–H and O–H groups in total. The second-order valence-corrected chi connectivity index (χ2v) is 7.44. The lowest BCUT2D eigenvalue weighted by Crippen LogP contribution is -2.55. The number of hydrogen-bond acceptors (Lipinski definition) is 3. The Balaban J connectivity index is 1.38. The van der Waals surface area contributed by atoms with Crippen molar-refractivity contribution >= 4 is 6.03 Å². The number of nitrogens with zero attached hydrogens (tertiary/aromatic N) is 2. The van der Waals surface area contributed by atoms with Gasteiger partial charge in [-0.3, -0.25) is 4.90 Å². The second kappa shape index (κ2) is 8.56. The summed E-state index contributed by atoms with van der Waals surface area (Å²) in [4.78, 5) is 17.0. The minimum atomic E-state index is -0.0131. The van der Waals surface area contributed by atoms with Crippen LogP contribution in [0.2, 0.25) is 0 Å². The minimum absolute atomic E-state index is 0.0131. The summed E-state index contributed by atoms with van der Waals surface area (Å²) in [5.74, 6) is 0.853. The van der Waals surface area contributed by atoms with Crippen molar-refractivity contribution in [1.29, 1.82) is 0 Å². The number of ether oxygens (including phenoxy) is 1. The van der Waals surface area contributed by atoms with E-state index in [0.29, 0.717) is 6.61 Å². The molecular weight excluding hydrogens is 314 g/mol. The summed E-state index contributed by atoms with van der Waals surface area (Å²) in [5, 5.41) is 3.06. The minimum Gasteiger partial charge on any atom is -0.491 e. The molecule has 138 valence electrons. The van der Waals surface area contributed by atoms with E-state index >= 15 is 0 Å². The molecule has 0 spiro atoms. The van der Waals surface area contributed by atoms with Crippen molar-refractivity contribution in [2.24, 2.45) is 0 Å². The predicted molar refractivity (Wildman–Crippen MR) is 100 cm³/mol. The van der Waals surface area contributed by atoms with Gasteiger partial charge in [0.25, 0.3) is 0 Å². The molecule has 5 heteroatoms. The van der Waals surface area contributed by atoms with Gasteiger partial charge in [-0.2, -0.15) is 0 Å². The highest BCUT2D eigenvalue weighted by molar-refractivity contribution is 5.74. The monoisotopic (exact) mass is 345 g/mol. The summed E-state index contributed by atoms with van der Waals surface area (Å²) < 4.78 is 5.78. The Morgan fingerprint density at radius 1 is 1.24 bits per heavy atom. The number of amides is 2. The summed E-state index contributed by atoms with van der Waals surface area (Å²) >= 11 is 0. The number of aryl methyl sites for hydroxylation is 1. The molecule has 1 aromatic carbocycles. The third-order valence-electron chi connectivity index (χ3n) is 5.30. The van der Waals surface area contributed by atoms with Gasteiger partial charge in [-0.1, -0.05) is 25.0 Å². The van der Waals surface area contributed by atoms with E-state index in [2.05, 4.69) is 10.2 Å². The van der Waals surface area contributed by atoms with Crippen LogP contribution in [-0.2, 0) is 0 Å². The van der Waals surface area contributed by atoms with Gasteiger partial charge in [-0.25, -0.2) is 4.79 Å². The topological polar surface area (TPSA) is 44.8 Å². The summed E-state index contributed by atoms with van der Waals surface area (Å²) in [6.45, 7) is 8.18. The summed E-state index contributed by atoms with van der Waals surface area (Å²) in [6, 6.07) is 8.76. The smallest absolute Gasteiger partial charge is 0.317 e. The summed E-state index contributed by atoms with van der Waals surface area (Å²) in [5.41, 5.74) is 1.18. The molecule has 1 atom stereocenters. The lowest BCUT2D eigenvalue weighted by Gasteiger charge is -2.38. The molecule has 1 unspecified atom stereocenters. The Kier molecular flexibility index (Phi) is 6.19. The molecule has 2 amide bonds. The van der Waals surface area contributed by atoms with Crippen LogP contribution in [0.1, 0.15) is 38.2 Å². The lowest BCUT2D eigenvalue weighted by atomic mass is 10.2. The van der Waals surface area contributed by atoms with E-state index in [4.69, 9.17) is 4.74 Å². The number of rotatable bonds is 5. The molecule has 5 nitrogen and oxygen atoms in total. The maximum Gasteiger partial charge on any atom is 0.317 e. The first-order valence-corrected chi connectivity index (χ1v) is 9.61. The van der Waals surface area contributed by atoms with Crippen LogP contribution in [0.25, 0.3) is 0 Å². The van der Waals surface area contributed by atoms with Crippen molar-refractivity contribution in [1.82, 2.24) is 15.1 Å². The maximum atomic E-state index is 12.4. The van der Waals surface area contributed by atoms with E-state index in [1.807, 2.05) is 43.0 Å². The fraction of sp³-hybridized carbons (Fsp3) is 0.650. The Morgan fingerprint density at radius 3 is 2.64 bits per heavy atom. The van der Waals surface area contributed by atoms with Crippen LogP contribution in [0.4, 0.5) is 4.79 Å². The standard InChI is InChI=1S/C20H31N3O2/c1-16-6-5-9-19(14-16)25-15-17(2)21-20(24)23-12-10-22(11-13-23)18-7-3-4-8-18/h5-6,9,14,17-18H,3-4,7-8,10-13,15H2,1-2H3,(H,21,24). The molecular formula is C20H31N3O2. The highest BCUT2D eigenvalue weighted by Gasteiger charge is 2.28. The van der Waals surface area contributed by atoms with Gasteiger partial charge >= 0.3 is 6.03 Å². The van der Waals surface area contributed by atoms with Crippen molar-refractivity contribution in [3.05, 3.63) is 29.8 Å². The number of piperazine rings is 1. The van der Waals surface area contributed by atoms with Crippen molar-refractivity contribution < 1.29 is 9.53 Å². The van der Waals surface area contributed by atoms with E-state index in [1.54, 1.807) is 0 Å². The molecule has 1 saturated heterocycles. The molecule has 1 aliphatic heterocycles. The molecule has 25 heavy (non-hydrogen) atoms. The van der Waals surface area contributed by atoms with Crippen molar-refractivity contribution in [3.63, 3.8) is 0 Å². The van der Waals surface area contributed by atoms with E-state index in [-0.39, 0.29) is 12.1 Å². The van der Waals surface area contributed by atoms with Crippen LogP contribution in [0, 0.1) is 6.92 Å². The van der Waals surface area contributed by atoms with Crippen LogP contribution < -0.4 is 10.1 Å². The normalized spacial score (nSPS) is 20.5. The molecule has 1 aliphatic carbocycles. The Hall–Kier alpha value is -1.75. The zero-order valence-corrected chi connectivity index (χ0v) is 15.5. The number of carbonyl (C=O) groups excluding carboxylic acids is 1. The number of hydrogen-bond donors (Lipinski definition) is 1. The van der Waals surface area contributed by atoms with Gasteiger partial charge in [0.2, 0.25) is 0 Å². The Labute approximate surface area is 151 Å². The molecule has 1 aromatic rings. The van der Waals surface area contributed by atoms with Crippen LogP contribution in [0.15, 0.2) is 24.3 Å². The predicted octanol–water partition coefficient (Wildman–Crippen LogP) is 3.03. The molecule has 0 radical (unpaired) electrons. The van der Waals surface area contributed by atoms with E-state index in [9.17, 15) is 4.79 Å². The maximum absolute atomic E-state index is 12.4. The SMILES string of the molecule is Cc1cccc(OCC(C)NC(=O)N2CCN(C3CCCC3)CC2)c1. The third kappa shape index (κ3) is 5.11. The molecule has 0 bridgehead atoms. The molecule has 2 fully saturated rings. The number of urea groups is 1. The fourth-order valence-corrected chi connectivity index (χ4v) is 3.83. The largest absolute Gasteiger partial charge is 0.491 e. The van der Waals surface area contributed by atoms with Crippen LogP contribution in [0.3, 0.4) is 0 Å². The van der Waals surface area contributed by atoms with Gasteiger partial charge in [0.05, 0.1) is 6.04 Å². The highest BCUT2D eigenvalue weighted by Crippen LogP contribution is 2.24. The number of carbonyl (C=O) groups is 1. The zero-order valence-electron chi connectivity index (χ0n) is 15.5. The highest BCUT2D eigenvalue weighted by atomic mass is 16.5.